The van der Waals surface area contributed by atoms with Crippen molar-refractivity contribution in [3.63, 3.8) is 0 Å². The van der Waals surface area contributed by atoms with Crippen molar-refractivity contribution in [2.24, 2.45) is 0 Å². The molecule has 0 aliphatic rings. The highest BCUT2D eigenvalue weighted by Gasteiger charge is 2.15. The first-order valence-corrected chi connectivity index (χ1v) is 8.57. The number of carbonyl (C=O) groups is 1. The molecule has 124 valence electrons. The van der Waals surface area contributed by atoms with Gasteiger partial charge in [0.1, 0.15) is 10.8 Å². The molecule has 24 heavy (non-hydrogen) atoms. The molecule has 8 heteroatoms. The van der Waals surface area contributed by atoms with E-state index in [2.05, 4.69) is 15.6 Å². The van der Waals surface area contributed by atoms with Crippen LogP contribution in [0.3, 0.4) is 0 Å². The molecule has 0 radical (unpaired) electrons. The van der Waals surface area contributed by atoms with E-state index >= 15 is 0 Å². The van der Waals surface area contributed by atoms with E-state index in [1.54, 1.807) is 31.2 Å². The van der Waals surface area contributed by atoms with Gasteiger partial charge in [0.25, 0.3) is 0 Å². The highest BCUT2D eigenvalue weighted by atomic mass is 35.5. The van der Waals surface area contributed by atoms with Gasteiger partial charge in [-0.25, -0.2) is 14.2 Å². The normalized spacial score (nSPS) is 12.2. The number of urea groups is 1. The van der Waals surface area contributed by atoms with Crippen molar-refractivity contribution in [1.29, 1.82) is 0 Å². The summed E-state index contributed by atoms with van der Waals surface area (Å²) in [7, 11) is 0. The summed E-state index contributed by atoms with van der Waals surface area (Å²) >= 11 is 13.1. The van der Waals surface area contributed by atoms with Crippen LogP contribution in [0.2, 0.25) is 10.0 Å². The molecule has 2 N–H and O–H groups in total. The molecule has 1 atom stereocenters. The van der Waals surface area contributed by atoms with Gasteiger partial charge in [-0.05, 0) is 43.3 Å². The number of hydrogen-bond donors (Lipinski definition) is 2. The third kappa shape index (κ3) is 3.95. The maximum absolute atomic E-state index is 13.2. The summed E-state index contributed by atoms with van der Waals surface area (Å²) < 4.78 is 14.0. The Bertz CT molecular complexity index is 895. The van der Waals surface area contributed by atoms with Crippen molar-refractivity contribution in [3.05, 3.63) is 57.3 Å². The average Bonchev–Trinajstić information content (AvgIpc) is 2.88. The Kier molecular flexibility index (Phi) is 4.89. The van der Waals surface area contributed by atoms with Gasteiger partial charge >= 0.3 is 6.03 Å². The maximum atomic E-state index is 13.2. The molecule has 4 nitrogen and oxygen atoms in total. The van der Waals surface area contributed by atoms with E-state index in [-0.39, 0.29) is 11.9 Å². The van der Waals surface area contributed by atoms with Crippen molar-refractivity contribution in [1.82, 2.24) is 10.3 Å². The molecule has 1 aromatic heterocycles. The van der Waals surface area contributed by atoms with Gasteiger partial charge in [-0.2, -0.15) is 0 Å². The molecule has 2 aromatic carbocycles. The lowest BCUT2D eigenvalue weighted by molar-refractivity contribution is 0.249. The lowest BCUT2D eigenvalue weighted by Gasteiger charge is -2.12. The zero-order valence-electron chi connectivity index (χ0n) is 12.4. The third-order valence-electron chi connectivity index (χ3n) is 3.21. The lowest BCUT2D eigenvalue weighted by atomic mass is 10.3. The van der Waals surface area contributed by atoms with Crippen LogP contribution in [0, 0.1) is 5.82 Å². The van der Waals surface area contributed by atoms with Gasteiger partial charge < -0.3 is 10.6 Å². The number of halogens is 3. The van der Waals surface area contributed by atoms with Gasteiger partial charge in [0.15, 0.2) is 0 Å². The zero-order valence-corrected chi connectivity index (χ0v) is 14.8. The van der Waals surface area contributed by atoms with Gasteiger partial charge in [-0.3, -0.25) is 0 Å². The molecule has 3 aromatic rings. The largest absolute Gasteiger partial charge is 0.329 e. The minimum absolute atomic E-state index is 0.311. The van der Waals surface area contributed by atoms with Gasteiger partial charge in [-0.1, -0.05) is 23.2 Å². The lowest BCUT2D eigenvalue weighted by Crippen LogP contribution is -2.31. The second kappa shape index (κ2) is 6.93. The number of amides is 2. The summed E-state index contributed by atoms with van der Waals surface area (Å²) in [4.78, 5) is 16.5. The Labute approximate surface area is 151 Å². The monoisotopic (exact) mass is 383 g/mol. The fraction of sp³-hybridized carbons (Fsp3) is 0.125. The molecule has 0 unspecified atom stereocenters. The number of benzene rings is 2. The first-order chi connectivity index (χ1) is 11.4. The number of aromatic nitrogens is 1. The van der Waals surface area contributed by atoms with E-state index in [4.69, 9.17) is 23.2 Å². The third-order valence-corrected chi connectivity index (χ3v) is 4.84. The van der Waals surface area contributed by atoms with E-state index in [0.717, 1.165) is 4.70 Å². The van der Waals surface area contributed by atoms with Crippen LogP contribution in [-0.2, 0) is 0 Å². The first-order valence-electron chi connectivity index (χ1n) is 7.00. The van der Waals surface area contributed by atoms with E-state index < -0.39 is 6.03 Å². The molecular weight excluding hydrogens is 372 g/mol. The van der Waals surface area contributed by atoms with Gasteiger partial charge in [-0.15, -0.1) is 11.3 Å². The minimum atomic E-state index is -0.411. The predicted molar refractivity (Wildman–Crippen MR) is 96.6 cm³/mol. The number of fused-ring (bicyclic) bond motifs is 1. The van der Waals surface area contributed by atoms with Crippen LogP contribution in [0.1, 0.15) is 18.0 Å². The number of nitrogens with one attached hydrogen (secondary N) is 2. The van der Waals surface area contributed by atoms with Crippen LogP contribution in [-0.4, -0.2) is 11.0 Å². The van der Waals surface area contributed by atoms with E-state index in [1.165, 1.54) is 23.5 Å². The number of nitrogens with zero attached hydrogens (tertiary/aromatic N) is 1. The van der Waals surface area contributed by atoms with Crippen LogP contribution in [0.15, 0.2) is 36.4 Å². The Morgan fingerprint density at radius 1 is 1.21 bits per heavy atom. The highest BCUT2D eigenvalue weighted by molar-refractivity contribution is 7.18. The topological polar surface area (TPSA) is 54.0 Å². The molecule has 1 heterocycles. The van der Waals surface area contributed by atoms with Crippen molar-refractivity contribution >= 4 is 56.5 Å². The molecule has 0 saturated heterocycles. The fourth-order valence-corrected chi connectivity index (χ4v) is 3.67. The number of anilines is 1. The second-order valence-corrected chi connectivity index (χ2v) is 7.08. The quantitative estimate of drug-likeness (QED) is 0.615. The van der Waals surface area contributed by atoms with E-state index in [1.807, 2.05) is 0 Å². The van der Waals surface area contributed by atoms with Crippen LogP contribution in [0.4, 0.5) is 14.9 Å². The van der Waals surface area contributed by atoms with Gasteiger partial charge in [0.2, 0.25) is 0 Å². The molecule has 0 fully saturated rings. The summed E-state index contributed by atoms with van der Waals surface area (Å²) in [6.45, 7) is 1.80. The molecule has 0 aliphatic carbocycles. The van der Waals surface area contributed by atoms with Crippen molar-refractivity contribution in [2.75, 3.05) is 5.32 Å². The molecular formula is C16H12Cl2FN3OS. The Morgan fingerprint density at radius 3 is 2.62 bits per heavy atom. The molecule has 0 spiro atoms. The standard InChI is InChI=1S/C16H12Cl2FN3OS/c1-8(15-22-13-3-2-11(19)7-14(13)24-15)20-16(23)21-12-5-9(17)4-10(18)6-12/h2-8H,1H3,(H2,20,21,23)/t8-/m1/s1. The highest BCUT2D eigenvalue weighted by Crippen LogP contribution is 2.27. The van der Waals surface area contributed by atoms with Crippen molar-refractivity contribution in [3.8, 4) is 0 Å². The fourth-order valence-electron chi connectivity index (χ4n) is 2.15. The maximum Gasteiger partial charge on any atom is 0.319 e. The first kappa shape index (κ1) is 17.0. The molecule has 2 amide bonds. The molecule has 0 saturated carbocycles. The van der Waals surface area contributed by atoms with Crippen LogP contribution in [0.5, 0.6) is 0 Å². The summed E-state index contributed by atoms with van der Waals surface area (Å²) in [5.74, 6) is -0.311. The van der Waals surface area contributed by atoms with Crippen LogP contribution >= 0.6 is 34.5 Å². The summed E-state index contributed by atoms with van der Waals surface area (Å²) in [6, 6.07) is 8.43. The van der Waals surface area contributed by atoms with Crippen molar-refractivity contribution in [2.45, 2.75) is 13.0 Å². The average molecular weight is 384 g/mol. The second-order valence-electron chi connectivity index (χ2n) is 5.14. The Morgan fingerprint density at radius 2 is 1.92 bits per heavy atom. The summed E-state index contributed by atoms with van der Waals surface area (Å²) in [5, 5.41) is 6.99. The van der Waals surface area contributed by atoms with Crippen molar-refractivity contribution < 1.29 is 9.18 Å². The van der Waals surface area contributed by atoms with Gasteiger partial charge in [0, 0.05) is 15.7 Å². The van der Waals surface area contributed by atoms with E-state index in [9.17, 15) is 9.18 Å². The number of carbonyl (C=O) groups excluding carboxylic acids is 1. The number of hydrogen-bond acceptors (Lipinski definition) is 3. The van der Waals surface area contributed by atoms with E-state index in [0.29, 0.717) is 26.3 Å². The van der Waals surface area contributed by atoms with Crippen LogP contribution < -0.4 is 10.6 Å². The van der Waals surface area contributed by atoms with Crippen LogP contribution in [0.25, 0.3) is 10.2 Å². The molecule has 0 aliphatic heterocycles. The minimum Gasteiger partial charge on any atom is -0.329 e. The zero-order chi connectivity index (χ0) is 17.3. The molecule has 3 rings (SSSR count). The summed E-state index contributed by atoms with van der Waals surface area (Å²) in [5.41, 5.74) is 1.19. The molecule has 0 bridgehead atoms. The SMILES string of the molecule is C[C@@H](NC(=O)Nc1cc(Cl)cc(Cl)c1)c1nc2ccc(F)cc2s1. The summed E-state index contributed by atoms with van der Waals surface area (Å²) in [6.07, 6.45) is 0. The smallest absolute Gasteiger partial charge is 0.319 e. The predicted octanol–water partition coefficient (Wildman–Crippen LogP) is 5.62. The van der Waals surface area contributed by atoms with Gasteiger partial charge in [0.05, 0.1) is 16.3 Å². The number of rotatable bonds is 3. The Hall–Kier alpha value is -1.89. The Balaban J connectivity index is 1.70. The number of thiazole rings is 1.